The van der Waals surface area contributed by atoms with Gasteiger partial charge in [0.1, 0.15) is 0 Å². The molecule has 16 heavy (non-hydrogen) atoms. The van der Waals surface area contributed by atoms with E-state index in [0.29, 0.717) is 24.3 Å². The minimum atomic E-state index is -0.784. The van der Waals surface area contributed by atoms with E-state index < -0.39 is 6.10 Å². The highest BCUT2D eigenvalue weighted by atomic mass is 16.7. The Hall–Kier alpha value is -1.43. The van der Waals surface area contributed by atoms with Crippen LogP contribution in [-0.2, 0) is 9.63 Å². The second-order valence-corrected chi connectivity index (χ2v) is 3.58. The number of nitrogens with two attached hydrogens (primary N) is 1. The third kappa shape index (κ3) is 1.92. The monoisotopic (exact) mass is 222 g/mol. The first-order valence-electron chi connectivity index (χ1n) is 5.17. The summed E-state index contributed by atoms with van der Waals surface area (Å²) in [6.07, 6.45) is -0.416. The van der Waals surface area contributed by atoms with E-state index in [1.807, 2.05) is 0 Å². The van der Waals surface area contributed by atoms with E-state index in [9.17, 15) is 9.90 Å². The number of nitrogens with zero attached hydrogens (tertiary/aromatic N) is 1. The van der Waals surface area contributed by atoms with Crippen molar-refractivity contribution in [3.63, 3.8) is 0 Å². The van der Waals surface area contributed by atoms with Crippen molar-refractivity contribution in [1.29, 1.82) is 0 Å². The van der Waals surface area contributed by atoms with Gasteiger partial charge in [0, 0.05) is 12.1 Å². The average molecular weight is 222 g/mol. The van der Waals surface area contributed by atoms with Crippen LogP contribution < -0.4 is 10.8 Å². The molecule has 2 rings (SSSR count). The summed E-state index contributed by atoms with van der Waals surface area (Å²) in [5.41, 5.74) is 6.60. The zero-order valence-corrected chi connectivity index (χ0v) is 8.80. The molecule has 1 aromatic rings. The molecule has 3 N–H and O–H groups in total. The number of aliphatic hydroxyl groups is 1. The Morgan fingerprint density at radius 1 is 1.50 bits per heavy atom. The van der Waals surface area contributed by atoms with Gasteiger partial charge in [-0.2, -0.15) is 5.06 Å². The molecule has 0 saturated carbocycles. The van der Waals surface area contributed by atoms with E-state index in [1.165, 1.54) is 5.06 Å². The lowest BCUT2D eigenvalue weighted by Crippen LogP contribution is -2.25. The Morgan fingerprint density at radius 3 is 2.88 bits per heavy atom. The van der Waals surface area contributed by atoms with Crippen molar-refractivity contribution in [3.8, 4) is 0 Å². The molecule has 0 aliphatic carbocycles. The molecule has 1 aliphatic heterocycles. The van der Waals surface area contributed by atoms with Gasteiger partial charge in [0.25, 0.3) is 5.91 Å². The quantitative estimate of drug-likeness (QED) is 0.773. The van der Waals surface area contributed by atoms with E-state index >= 15 is 0 Å². The SMILES string of the molecule is NCC(O)c1ccccc1N1OCCC1=O. The van der Waals surface area contributed by atoms with E-state index in [2.05, 4.69) is 0 Å². The van der Waals surface area contributed by atoms with Gasteiger partial charge in [-0.1, -0.05) is 18.2 Å². The number of aliphatic hydroxyl groups excluding tert-OH is 1. The van der Waals surface area contributed by atoms with Crippen molar-refractivity contribution in [1.82, 2.24) is 0 Å². The summed E-state index contributed by atoms with van der Waals surface area (Å²) < 4.78 is 0. The molecule has 1 heterocycles. The van der Waals surface area contributed by atoms with Gasteiger partial charge in [0.15, 0.2) is 0 Å². The highest BCUT2D eigenvalue weighted by molar-refractivity contribution is 5.93. The fourth-order valence-corrected chi connectivity index (χ4v) is 1.68. The Bertz CT molecular complexity index is 395. The molecule has 1 fully saturated rings. The van der Waals surface area contributed by atoms with Crippen LogP contribution in [0.15, 0.2) is 24.3 Å². The Balaban J connectivity index is 2.36. The van der Waals surface area contributed by atoms with E-state index in [-0.39, 0.29) is 12.5 Å². The van der Waals surface area contributed by atoms with Gasteiger partial charge in [0.05, 0.1) is 24.8 Å². The lowest BCUT2D eigenvalue weighted by molar-refractivity contribution is -0.119. The van der Waals surface area contributed by atoms with Gasteiger partial charge in [-0.3, -0.25) is 9.63 Å². The molecule has 5 heteroatoms. The smallest absolute Gasteiger partial charge is 0.253 e. The fourth-order valence-electron chi connectivity index (χ4n) is 1.68. The topological polar surface area (TPSA) is 75.8 Å². The average Bonchev–Trinajstić information content (AvgIpc) is 2.74. The van der Waals surface area contributed by atoms with Crippen LogP contribution in [0.4, 0.5) is 5.69 Å². The number of hydrogen-bond donors (Lipinski definition) is 2. The minimum absolute atomic E-state index is 0.100. The lowest BCUT2D eigenvalue weighted by atomic mass is 10.1. The summed E-state index contributed by atoms with van der Waals surface area (Å²) in [5, 5.41) is 11.0. The number of rotatable bonds is 3. The molecule has 1 saturated heterocycles. The molecule has 1 atom stereocenters. The number of anilines is 1. The standard InChI is InChI=1S/C11H14N2O3/c12-7-10(14)8-3-1-2-4-9(8)13-11(15)5-6-16-13/h1-4,10,14H,5-7,12H2. The first kappa shape index (κ1) is 11.1. The van der Waals surface area contributed by atoms with Crippen LogP contribution in [0.3, 0.4) is 0 Å². The first-order valence-corrected chi connectivity index (χ1v) is 5.17. The summed E-state index contributed by atoms with van der Waals surface area (Å²) in [6, 6.07) is 7.05. The minimum Gasteiger partial charge on any atom is -0.387 e. The van der Waals surface area contributed by atoms with Gasteiger partial charge >= 0.3 is 0 Å². The number of carbonyl (C=O) groups excluding carboxylic acids is 1. The van der Waals surface area contributed by atoms with E-state index in [0.717, 1.165) is 0 Å². The van der Waals surface area contributed by atoms with Crippen molar-refractivity contribution in [2.45, 2.75) is 12.5 Å². The number of hydroxylamine groups is 1. The van der Waals surface area contributed by atoms with Gasteiger partial charge in [0.2, 0.25) is 0 Å². The molecule has 0 radical (unpaired) electrons. The highest BCUT2D eigenvalue weighted by Gasteiger charge is 2.26. The molecule has 0 bridgehead atoms. The zero-order chi connectivity index (χ0) is 11.5. The molecule has 0 spiro atoms. The van der Waals surface area contributed by atoms with E-state index in [1.54, 1.807) is 24.3 Å². The summed E-state index contributed by atoms with van der Waals surface area (Å²) in [4.78, 5) is 16.7. The van der Waals surface area contributed by atoms with E-state index in [4.69, 9.17) is 10.6 Å². The third-order valence-electron chi connectivity index (χ3n) is 2.50. The molecular weight excluding hydrogens is 208 g/mol. The van der Waals surface area contributed by atoms with Gasteiger partial charge in [-0.05, 0) is 6.07 Å². The van der Waals surface area contributed by atoms with Crippen LogP contribution in [0.5, 0.6) is 0 Å². The van der Waals surface area contributed by atoms with Crippen molar-refractivity contribution >= 4 is 11.6 Å². The van der Waals surface area contributed by atoms with Crippen LogP contribution in [0.1, 0.15) is 18.1 Å². The Labute approximate surface area is 93.4 Å². The molecule has 1 aromatic carbocycles. The normalized spacial score (nSPS) is 17.9. The first-order chi connectivity index (χ1) is 7.74. The molecule has 1 amide bonds. The van der Waals surface area contributed by atoms with Gasteiger partial charge < -0.3 is 10.8 Å². The number of benzene rings is 1. The zero-order valence-electron chi connectivity index (χ0n) is 8.80. The van der Waals surface area contributed by atoms with Crippen molar-refractivity contribution < 1.29 is 14.7 Å². The lowest BCUT2D eigenvalue weighted by Gasteiger charge is -2.20. The van der Waals surface area contributed by atoms with Crippen LogP contribution in [-0.4, -0.2) is 24.2 Å². The Morgan fingerprint density at radius 2 is 2.25 bits per heavy atom. The predicted molar refractivity (Wildman–Crippen MR) is 58.5 cm³/mol. The summed E-state index contributed by atoms with van der Waals surface area (Å²) in [6.45, 7) is 0.491. The third-order valence-corrected chi connectivity index (χ3v) is 2.50. The molecule has 1 aliphatic rings. The Kier molecular flexibility index (Phi) is 3.19. The molecule has 5 nitrogen and oxygen atoms in total. The second kappa shape index (κ2) is 4.61. The maximum Gasteiger partial charge on any atom is 0.253 e. The number of amides is 1. The number of carbonyl (C=O) groups is 1. The highest BCUT2D eigenvalue weighted by Crippen LogP contribution is 2.28. The number of hydrogen-bond acceptors (Lipinski definition) is 4. The summed E-state index contributed by atoms with van der Waals surface area (Å²) in [5.74, 6) is -0.100. The van der Waals surface area contributed by atoms with Crippen LogP contribution in [0.2, 0.25) is 0 Å². The fraction of sp³-hybridized carbons (Fsp3) is 0.364. The van der Waals surface area contributed by atoms with Crippen molar-refractivity contribution in [2.75, 3.05) is 18.2 Å². The van der Waals surface area contributed by atoms with Crippen LogP contribution in [0.25, 0.3) is 0 Å². The molecular formula is C11H14N2O3. The largest absolute Gasteiger partial charge is 0.387 e. The molecule has 0 aromatic heterocycles. The molecule has 86 valence electrons. The number of para-hydroxylation sites is 1. The van der Waals surface area contributed by atoms with Crippen LogP contribution >= 0.6 is 0 Å². The maximum absolute atomic E-state index is 11.5. The van der Waals surface area contributed by atoms with Crippen molar-refractivity contribution in [3.05, 3.63) is 29.8 Å². The van der Waals surface area contributed by atoms with Gasteiger partial charge in [-0.15, -0.1) is 0 Å². The summed E-state index contributed by atoms with van der Waals surface area (Å²) in [7, 11) is 0. The second-order valence-electron chi connectivity index (χ2n) is 3.58. The van der Waals surface area contributed by atoms with Crippen LogP contribution in [0, 0.1) is 0 Å². The molecule has 1 unspecified atom stereocenters. The predicted octanol–water partition coefficient (Wildman–Crippen LogP) is 0.347. The summed E-state index contributed by atoms with van der Waals surface area (Å²) >= 11 is 0. The van der Waals surface area contributed by atoms with Gasteiger partial charge in [-0.25, -0.2) is 0 Å². The maximum atomic E-state index is 11.5. The van der Waals surface area contributed by atoms with Crippen molar-refractivity contribution in [2.24, 2.45) is 5.73 Å².